The predicted octanol–water partition coefficient (Wildman–Crippen LogP) is 3.33. The summed E-state index contributed by atoms with van der Waals surface area (Å²) in [6.07, 6.45) is 0. The summed E-state index contributed by atoms with van der Waals surface area (Å²) in [4.78, 5) is 9.79. The van der Waals surface area contributed by atoms with Gasteiger partial charge in [0.15, 0.2) is 5.96 Å². The molecule has 0 amide bonds. The summed E-state index contributed by atoms with van der Waals surface area (Å²) in [6, 6.07) is 19.4. The lowest BCUT2D eigenvalue weighted by atomic mass is 10.1. The van der Waals surface area contributed by atoms with E-state index >= 15 is 0 Å². The van der Waals surface area contributed by atoms with Gasteiger partial charge in [-0.2, -0.15) is 0 Å². The summed E-state index contributed by atoms with van der Waals surface area (Å²) in [5.41, 5.74) is 3.97. The molecular formula is C24H36IN5O. The molecule has 0 spiro atoms. The van der Waals surface area contributed by atoms with E-state index in [4.69, 9.17) is 9.73 Å². The van der Waals surface area contributed by atoms with Crippen LogP contribution in [0.4, 0.5) is 5.69 Å². The Morgan fingerprint density at radius 2 is 1.61 bits per heavy atom. The molecule has 0 bridgehead atoms. The third-order valence-electron chi connectivity index (χ3n) is 5.36. The number of para-hydroxylation sites is 1. The Kier molecular flexibility index (Phi) is 11.7. The molecule has 2 aromatic carbocycles. The van der Waals surface area contributed by atoms with Gasteiger partial charge in [0.2, 0.25) is 0 Å². The molecule has 170 valence electrons. The van der Waals surface area contributed by atoms with Crippen molar-refractivity contribution in [3.8, 4) is 0 Å². The van der Waals surface area contributed by atoms with Crippen LogP contribution in [0.2, 0.25) is 0 Å². The van der Waals surface area contributed by atoms with E-state index in [2.05, 4.69) is 82.0 Å². The second-order valence-corrected chi connectivity index (χ2v) is 7.48. The van der Waals surface area contributed by atoms with E-state index in [1.54, 1.807) is 7.11 Å². The van der Waals surface area contributed by atoms with E-state index in [1.165, 1.54) is 16.8 Å². The van der Waals surface area contributed by atoms with Gasteiger partial charge in [-0.3, -0.25) is 4.90 Å². The zero-order valence-electron chi connectivity index (χ0n) is 18.7. The molecule has 0 radical (unpaired) electrons. The number of aliphatic imine (C=N–C) groups is 1. The molecule has 0 unspecified atom stereocenters. The van der Waals surface area contributed by atoms with Crippen LogP contribution in [0.1, 0.15) is 18.1 Å². The maximum atomic E-state index is 5.12. The van der Waals surface area contributed by atoms with Crippen molar-refractivity contribution in [3.05, 3.63) is 65.7 Å². The highest BCUT2D eigenvalue weighted by atomic mass is 127. The minimum atomic E-state index is 0. The second-order valence-electron chi connectivity index (χ2n) is 7.48. The molecule has 1 aliphatic heterocycles. The number of nitrogens with zero attached hydrogens (tertiary/aromatic N) is 3. The number of anilines is 1. The van der Waals surface area contributed by atoms with Gasteiger partial charge < -0.3 is 20.3 Å². The molecule has 2 aromatic rings. The summed E-state index contributed by atoms with van der Waals surface area (Å²) in [5.74, 6) is 0.834. The number of hydrogen-bond acceptors (Lipinski definition) is 4. The molecule has 0 saturated carbocycles. The number of rotatable bonds is 9. The minimum absolute atomic E-state index is 0. The third-order valence-corrected chi connectivity index (χ3v) is 5.36. The van der Waals surface area contributed by atoms with Crippen molar-refractivity contribution in [1.82, 2.24) is 15.5 Å². The maximum Gasteiger partial charge on any atom is 0.191 e. The number of ether oxygens (including phenoxy) is 1. The quantitative estimate of drug-likeness (QED) is 0.223. The van der Waals surface area contributed by atoms with E-state index in [1.807, 2.05) is 0 Å². The Labute approximate surface area is 204 Å². The van der Waals surface area contributed by atoms with Crippen molar-refractivity contribution in [1.29, 1.82) is 0 Å². The van der Waals surface area contributed by atoms with E-state index < -0.39 is 0 Å². The summed E-state index contributed by atoms with van der Waals surface area (Å²) in [7, 11) is 1.71. The topological polar surface area (TPSA) is 52.1 Å². The number of nitrogens with one attached hydrogen (secondary N) is 2. The number of benzene rings is 2. The molecule has 0 atom stereocenters. The van der Waals surface area contributed by atoms with Gasteiger partial charge in [-0.25, -0.2) is 4.99 Å². The molecule has 7 heteroatoms. The summed E-state index contributed by atoms with van der Waals surface area (Å²) >= 11 is 0. The zero-order chi connectivity index (χ0) is 21.0. The van der Waals surface area contributed by atoms with Crippen LogP contribution in [-0.4, -0.2) is 63.8 Å². The lowest BCUT2D eigenvalue weighted by Crippen LogP contribution is -2.46. The van der Waals surface area contributed by atoms with E-state index in [-0.39, 0.29) is 24.0 Å². The van der Waals surface area contributed by atoms with Crippen molar-refractivity contribution >= 4 is 35.6 Å². The summed E-state index contributed by atoms with van der Waals surface area (Å²) < 4.78 is 5.12. The molecule has 1 heterocycles. The van der Waals surface area contributed by atoms with Gasteiger partial charge >= 0.3 is 0 Å². The van der Waals surface area contributed by atoms with Gasteiger partial charge in [-0.05, 0) is 30.2 Å². The van der Waals surface area contributed by atoms with E-state index in [0.717, 1.165) is 51.8 Å². The highest BCUT2D eigenvalue weighted by molar-refractivity contribution is 14.0. The summed E-state index contributed by atoms with van der Waals surface area (Å²) in [5, 5.41) is 6.61. The fourth-order valence-electron chi connectivity index (χ4n) is 3.69. The maximum absolute atomic E-state index is 5.12. The van der Waals surface area contributed by atoms with Crippen LogP contribution in [0.5, 0.6) is 0 Å². The van der Waals surface area contributed by atoms with Crippen LogP contribution in [0, 0.1) is 0 Å². The lowest BCUT2D eigenvalue weighted by molar-refractivity contribution is 0.203. The lowest BCUT2D eigenvalue weighted by Gasteiger charge is -2.36. The average molecular weight is 537 g/mol. The van der Waals surface area contributed by atoms with Gasteiger partial charge in [0, 0.05) is 58.6 Å². The number of guanidine groups is 1. The number of methoxy groups -OCH3 is 1. The molecule has 1 fully saturated rings. The van der Waals surface area contributed by atoms with Gasteiger partial charge in [0.05, 0.1) is 13.2 Å². The second kappa shape index (κ2) is 14.3. The normalized spacial score (nSPS) is 14.8. The average Bonchev–Trinajstić information content (AvgIpc) is 2.79. The number of hydrogen-bond donors (Lipinski definition) is 2. The highest BCUT2D eigenvalue weighted by Gasteiger charge is 2.18. The first-order chi connectivity index (χ1) is 14.8. The van der Waals surface area contributed by atoms with Gasteiger partial charge in [-0.1, -0.05) is 42.5 Å². The highest BCUT2D eigenvalue weighted by Crippen LogP contribution is 2.18. The zero-order valence-corrected chi connectivity index (χ0v) is 21.0. The Morgan fingerprint density at radius 3 is 2.29 bits per heavy atom. The van der Waals surface area contributed by atoms with E-state index in [9.17, 15) is 0 Å². The predicted molar refractivity (Wildman–Crippen MR) is 140 cm³/mol. The Balaban J connectivity index is 0.00000341. The first-order valence-corrected chi connectivity index (χ1v) is 10.9. The Hall–Kier alpha value is -1.84. The van der Waals surface area contributed by atoms with Crippen molar-refractivity contribution < 1.29 is 4.74 Å². The van der Waals surface area contributed by atoms with Crippen LogP contribution in [0.15, 0.2) is 59.6 Å². The van der Waals surface area contributed by atoms with Crippen LogP contribution < -0.4 is 15.5 Å². The molecule has 31 heavy (non-hydrogen) atoms. The Bertz CT molecular complexity index is 779. The molecule has 3 rings (SSSR count). The Morgan fingerprint density at radius 1 is 0.935 bits per heavy atom. The minimum Gasteiger partial charge on any atom is -0.383 e. The van der Waals surface area contributed by atoms with Crippen molar-refractivity contribution in [2.75, 3.05) is 57.9 Å². The third kappa shape index (κ3) is 8.31. The fourth-order valence-corrected chi connectivity index (χ4v) is 3.69. The van der Waals surface area contributed by atoms with Crippen LogP contribution in [0.3, 0.4) is 0 Å². The molecule has 0 aliphatic carbocycles. The van der Waals surface area contributed by atoms with Crippen molar-refractivity contribution in [2.45, 2.75) is 20.0 Å². The molecule has 1 aliphatic rings. The molecule has 1 saturated heterocycles. The monoisotopic (exact) mass is 537 g/mol. The van der Waals surface area contributed by atoms with Crippen molar-refractivity contribution in [3.63, 3.8) is 0 Å². The van der Waals surface area contributed by atoms with Crippen LogP contribution >= 0.6 is 24.0 Å². The largest absolute Gasteiger partial charge is 0.383 e. The SMILES string of the molecule is CCNC(=NCc1ccccc1CN1CCN(c2ccccc2)CC1)NCCOC.I. The van der Waals surface area contributed by atoms with Crippen LogP contribution in [0.25, 0.3) is 0 Å². The fraction of sp³-hybridized carbons (Fsp3) is 0.458. The first-order valence-electron chi connectivity index (χ1n) is 10.9. The standard InChI is InChI=1S/C24H35N5O.HI/c1-3-25-24(26-13-18-30-2)27-19-21-9-7-8-10-22(21)20-28-14-16-29(17-15-28)23-11-5-4-6-12-23;/h4-12H,3,13-20H2,1-2H3,(H2,25,26,27);1H. The molecule has 6 nitrogen and oxygen atoms in total. The van der Waals surface area contributed by atoms with Crippen molar-refractivity contribution in [2.24, 2.45) is 4.99 Å². The van der Waals surface area contributed by atoms with Gasteiger partial charge in [-0.15, -0.1) is 24.0 Å². The van der Waals surface area contributed by atoms with E-state index in [0.29, 0.717) is 13.2 Å². The molecular weight excluding hydrogens is 501 g/mol. The number of halogens is 1. The molecule has 0 aromatic heterocycles. The smallest absolute Gasteiger partial charge is 0.191 e. The van der Waals surface area contributed by atoms with Gasteiger partial charge in [0.1, 0.15) is 0 Å². The number of piperazine rings is 1. The van der Waals surface area contributed by atoms with Crippen LogP contribution in [-0.2, 0) is 17.8 Å². The van der Waals surface area contributed by atoms with Gasteiger partial charge in [0.25, 0.3) is 0 Å². The molecule has 2 N–H and O–H groups in total. The summed E-state index contributed by atoms with van der Waals surface area (Å²) in [6.45, 7) is 10.3. The first kappa shape index (κ1) is 25.4.